The number of nitrogens with one attached hydrogen (secondary N) is 2. The van der Waals surface area contributed by atoms with E-state index in [0.29, 0.717) is 12.5 Å². The topological polar surface area (TPSA) is 49.3 Å². The summed E-state index contributed by atoms with van der Waals surface area (Å²) in [7, 11) is 1.52. The third-order valence-corrected chi connectivity index (χ3v) is 3.50. The van der Waals surface area contributed by atoms with Gasteiger partial charge in [-0.3, -0.25) is 4.99 Å². The Labute approximate surface area is 126 Å². The van der Waals surface area contributed by atoms with Gasteiger partial charge < -0.3 is 10.6 Å². The molecule has 8 heteroatoms. The molecule has 1 heterocycles. The maximum atomic E-state index is 12.1. The highest BCUT2D eigenvalue weighted by atomic mass is 32.1. The summed E-state index contributed by atoms with van der Waals surface area (Å²) in [6, 6.07) is 0. The molecule has 0 bridgehead atoms. The highest BCUT2D eigenvalue weighted by Gasteiger charge is 2.26. The number of thiazole rings is 1. The molecular formula is C13H21F3N4S. The molecule has 0 spiro atoms. The lowest BCUT2D eigenvalue weighted by atomic mass is 9.93. The average molecular weight is 322 g/mol. The number of nitrogens with zero attached hydrogens (tertiary/aromatic N) is 2. The summed E-state index contributed by atoms with van der Waals surface area (Å²) < 4.78 is 36.2. The second kappa shape index (κ2) is 7.11. The Morgan fingerprint density at radius 2 is 1.95 bits per heavy atom. The summed E-state index contributed by atoms with van der Waals surface area (Å²) in [6.45, 7) is 6.48. The maximum absolute atomic E-state index is 12.1. The second-order valence-corrected chi connectivity index (χ2v) is 6.54. The van der Waals surface area contributed by atoms with Crippen LogP contribution in [0.5, 0.6) is 0 Å². The van der Waals surface area contributed by atoms with Gasteiger partial charge in [0, 0.05) is 24.4 Å². The average Bonchev–Trinajstić information content (AvgIpc) is 2.80. The molecule has 0 amide bonds. The van der Waals surface area contributed by atoms with E-state index in [0.717, 1.165) is 10.7 Å². The number of aromatic nitrogens is 1. The maximum Gasteiger partial charge on any atom is 0.390 e. The molecule has 0 radical (unpaired) electrons. The van der Waals surface area contributed by atoms with Crippen molar-refractivity contribution in [3.05, 3.63) is 16.1 Å². The van der Waals surface area contributed by atoms with Gasteiger partial charge in [0.05, 0.1) is 18.7 Å². The summed E-state index contributed by atoms with van der Waals surface area (Å²) in [5.74, 6) is 0.340. The van der Waals surface area contributed by atoms with Gasteiger partial charge in [0.25, 0.3) is 0 Å². The quantitative estimate of drug-likeness (QED) is 0.662. The second-order valence-electron chi connectivity index (χ2n) is 5.59. The molecule has 0 aliphatic heterocycles. The van der Waals surface area contributed by atoms with Gasteiger partial charge in [-0.2, -0.15) is 13.2 Å². The van der Waals surface area contributed by atoms with E-state index in [1.165, 1.54) is 18.4 Å². The largest absolute Gasteiger partial charge is 0.390 e. The van der Waals surface area contributed by atoms with Crippen LogP contribution in [0.3, 0.4) is 0 Å². The summed E-state index contributed by atoms with van der Waals surface area (Å²) in [6.07, 6.45) is -5.05. The van der Waals surface area contributed by atoms with Crippen LogP contribution in [0, 0.1) is 0 Å². The molecule has 120 valence electrons. The van der Waals surface area contributed by atoms with Crippen LogP contribution in [0.15, 0.2) is 10.4 Å². The van der Waals surface area contributed by atoms with Gasteiger partial charge in [0.15, 0.2) is 5.96 Å². The van der Waals surface area contributed by atoms with E-state index in [1.807, 2.05) is 5.38 Å². The third-order valence-electron chi connectivity index (χ3n) is 2.65. The zero-order valence-corrected chi connectivity index (χ0v) is 13.5. The number of alkyl halides is 3. The molecule has 0 saturated carbocycles. The Morgan fingerprint density at radius 3 is 2.43 bits per heavy atom. The molecular weight excluding hydrogens is 301 g/mol. The van der Waals surface area contributed by atoms with Crippen molar-refractivity contribution in [1.29, 1.82) is 0 Å². The Morgan fingerprint density at radius 1 is 1.29 bits per heavy atom. The van der Waals surface area contributed by atoms with Crippen LogP contribution < -0.4 is 10.6 Å². The van der Waals surface area contributed by atoms with Crippen molar-refractivity contribution in [2.75, 3.05) is 13.6 Å². The standard InChI is InChI=1S/C13H21F3N4S/c1-12(2,3)9-8-21-10(20-9)7-19-11(17-4)18-6-5-13(14,15)16/h8H,5-7H2,1-4H3,(H2,17,18,19). The molecule has 4 nitrogen and oxygen atoms in total. The first-order chi connectivity index (χ1) is 9.62. The summed E-state index contributed by atoms with van der Waals surface area (Å²) in [4.78, 5) is 8.38. The van der Waals surface area contributed by atoms with E-state index in [2.05, 4.69) is 41.4 Å². The predicted molar refractivity (Wildman–Crippen MR) is 79.7 cm³/mol. The highest BCUT2D eigenvalue weighted by molar-refractivity contribution is 7.09. The SMILES string of the molecule is CN=C(NCCC(F)(F)F)NCc1nc(C(C)(C)C)cs1. The van der Waals surface area contributed by atoms with E-state index in [1.54, 1.807) is 0 Å². The first kappa shape index (κ1) is 17.7. The van der Waals surface area contributed by atoms with Gasteiger partial charge in [-0.1, -0.05) is 20.8 Å². The first-order valence-corrected chi connectivity index (χ1v) is 7.46. The fourth-order valence-electron chi connectivity index (χ4n) is 1.44. The van der Waals surface area contributed by atoms with Crippen molar-refractivity contribution in [2.24, 2.45) is 4.99 Å². The summed E-state index contributed by atoms with van der Waals surface area (Å²) >= 11 is 1.52. The molecule has 1 aromatic rings. The minimum atomic E-state index is -4.16. The lowest BCUT2D eigenvalue weighted by Crippen LogP contribution is -2.38. The number of hydrogen-bond acceptors (Lipinski definition) is 3. The number of hydrogen-bond donors (Lipinski definition) is 2. The van der Waals surface area contributed by atoms with Crippen LogP contribution >= 0.6 is 11.3 Å². The van der Waals surface area contributed by atoms with Crippen LogP contribution in [0.2, 0.25) is 0 Å². The Balaban J connectivity index is 2.44. The van der Waals surface area contributed by atoms with Crippen LogP contribution in [0.4, 0.5) is 13.2 Å². The van der Waals surface area contributed by atoms with E-state index in [4.69, 9.17) is 0 Å². The Kier molecular flexibility index (Phi) is 6.00. The minimum absolute atomic E-state index is 0.0125. The number of rotatable bonds is 4. The van der Waals surface area contributed by atoms with E-state index in [9.17, 15) is 13.2 Å². The predicted octanol–water partition coefficient (Wildman–Crippen LogP) is 3.06. The van der Waals surface area contributed by atoms with Gasteiger partial charge in [0.1, 0.15) is 5.01 Å². The molecule has 2 N–H and O–H groups in total. The number of guanidine groups is 1. The Bertz CT molecular complexity index is 474. The summed E-state index contributed by atoms with van der Waals surface area (Å²) in [5.41, 5.74) is 0.991. The normalized spacial score (nSPS) is 13.4. The van der Waals surface area contributed by atoms with Crippen LogP contribution in [-0.4, -0.2) is 30.7 Å². The fraction of sp³-hybridized carbons (Fsp3) is 0.692. The fourth-order valence-corrected chi connectivity index (χ4v) is 2.40. The van der Waals surface area contributed by atoms with E-state index < -0.39 is 12.6 Å². The molecule has 1 aromatic heterocycles. The van der Waals surface area contributed by atoms with Gasteiger partial charge in [-0.25, -0.2) is 4.98 Å². The number of aliphatic imine (C=N–C) groups is 1. The lowest BCUT2D eigenvalue weighted by molar-refractivity contribution is -0.132. The van der Waals surface area contributed by atoms with Crippen molar-refractivity contribution >= 4 is 17.3 Å². The van der Waals surface area contributed by atoms with Crippen LogP contribution in [0.1, 0.15) is 37.9 Å². The molecule has 0 unspecified atom stereocenters. The molecule has 0 aliphatic rings. The summed E-state index contributed by atoms with van der Waals surface area (Å²) in [5, 5.41) is 8.46. The minimum Gasteiger partial charge on any atom is -0.356 e. The van der Waals surface area contributed by atoms with Crippen molar-refractivity contribution in [2.45, 2.75) is 45.3 Å². The molecule has 0 atom stereocenters. The molecule has 0 aromatic carbocycles. The van der Waals surface area contributed by atoms with Crippen molar-refractivity contribution < 1.29 is 13.2 Å². The zero-order chi connectivity index (χ0) is 16.1. The van der Waals surface area contributed by atoms with Crippen LogP contribution in [0.25, 0.3) is 0 Å². The van der Waals surface area contributed by atoms with E-state index in [-0.39, 0.29) is 12.0 Å². The molecule has 0 saturated heterocycles. The lowest BCUT2D eigenvalue weighted by Gasteiger charge is -2.14. The third kappa shape index (κ3) is 6.79. The first-order valence-electron chi connectivity index (χ1n) is 6.58. The highest BCUT2D eigenvalue weighted by Crippen LogP contribution is 2.23. The monoisotopic (exact) mass is 322 g/mol. The van der Waals surface area contributed by atoms with Crippen molar-refractivity contribution in [3.63, 3.8) is 0 Å². The van der Waals surface area contributed by atoms with Crippen molar-refractivity contribution in [3.8, 4) is 0 Å². The van der Waals surface area contributed by atoms with Gasteiger partial charge in [-0.05, 0) is 0 Å². The van der Waals surface area contributed by atoms with Crippen molar-refractivity contribution in [1.82, 2.24) is 15.6 Å². The van der Waals surface area contributed by atoms with Crippen LogP contribution in [-0.2, 0) is 12.0 Å². The van der Waals surface area contributed by atoms with Gasteiger partial charge in [-0.15, -0.1) is 11.3 Å². The number of halogens is 3. The van der Waals surface area contributed by atoms with Gasteiger partial charge in [0.2, 0.25) is 0 Å². The molecule has 0 fully saturated rings. The van der Waals surface area contributed by atoms with Gasteiger partial charge >= 0.3 is 6.18 Å². The molecule has 0 aliphatic carbocycles. The zero-order valence-electron chi connectivity index (χ0n) is 12.6. The smallest absolute Gasteiger partial charge is 0.356 e. The molecule has 21 heavy (non-hydrogen) atoms. The van der Waals surface area contributed by atoms with E-state index >= 15 is 0 Å². The Hall–Kier alpha value is -1.31. The molecule has 1 rings (SSSR count).